The standard InChI is InChI=1S/C24H28N4O/c1-27(24-23(29-2)17-25-18-26-24)13-6-14-28-15-11-20(12-16-28)22-10-5-8-19-7-3-4-9-21(19)22/h3-5,7-11,17-18H,6,12-16H2,1-2H3. The van der Waals surface area contributed by atoms with E-state index in [1.54, 1.807) is 19.6 Å². The first-order valence-electron chi connectivity index (χ1n) is 10.2. The molecule has 1 aliphatic rings. The van der Waals surface area contributed by atoms with Crippen LogP contribution in [0.15, 0.2) is 61.1 Å². The highest BCUT2D eigenvalue weighted by Gasteiger charge is 2.15. The van der Waals surface area contributed by atoms with E-state index in [1.165, 1.54) is 21.9 Å². The molecule has 0 radical (unpaired) electrons. The van der Waals surface area contributed by atoms with Crippen molar-refractivity contribution in [2.75, 3.05) is 45.2 Å². The number of nitrogens with zero attached hydrogens (tertiary/aromatic N) is 4. The number of aromatic nitrogens is 2. The highest BCUT2D eigenvalue weighted by atomic mass is 16.5. The Labute approximate surface area is 172 Å². The Bertz CT molecular complexity index is 996. The van der Waals surface area contributed by atoms with Crippen LogP contribution >= 0.6 is 0 Å². The molecule has 0 saturated heterocycles. The lowest BCUT2D eigenvalue weighted by atomic mass is 9.94. The molecular weight excluding hydrogens is 360 g/mol. The molecule has 29 heavy (non-hydrogen) atoms. The van der Waals surface area contributed by atoms with Gasteiger partial charge in [-0.05, 0) is 34.8 Å². The van der Waals surface area contributed by atoms with E-state index in [2.05, 4.69) is 75.4 Å². The molecule has 0 fully saturated rings. The van der Waals surface area contributed by atoms with Crippen LogP contribution in [0.25, 0.3) is 16.3 Å². The van der Waals surface area contributed by atoms with Crippen molar-refractivity contribution in [1.29, 1.82) is 0 Å². The molecule has 1 aromatic heterocycles. The molecule has 2 aromatic carbocycles. The van der Waals surface area contributed by atoms with Crippen LogP contribution in [0.5, 0.6) is 5.75 Å². The van der Waals surface area contributed by atoms with Crippen molar-refractivity contribution in [3.63, 3.8) is 0 Å². The Kier molecular flexibility index (Phi) is 6.06. The lowest BCUT2D eigenvalue weighted by molar-refractivity contribution is 0.299. The second-order valence-corrected chi connectivity index (χ2v) is 7.50. The molecule has 0 saturated carbocycles. The van der Waals surface area contributed by atoms with Crippen LogP contribution in [-0.4, -0.2) is 55.2 Å². The van der Waals surface area contributed by atoms with Gasteiger partial charge in [-0.2, -0.15) is 0 Å². The number of anilines is 1. The summed E-state index contributed by atoms with van der Waals surface area (Å²) in [5.41, 5.74) is 2.86. The third-order valence-corrected chi connectivity index (χ3v) is 5.64. The Morgan fingerprint density at radius 1 is 1.14 bits per heavy atom. The van der Waals surface area contributed by atoms with E-state index in [0.717, 1.165) is 50.6 Å². The summed E-state index contributed by atoms with van der Waals surface area (Å²) >= 11 is 0. The molecule has 150 valence electrons. The predicted octanol–water partition coefficient (Wildman–Crippen LogP) is 4.25. The van der Waals surface area contributed by atoms with Crippen LogP contribution in [0.4, 0.5) is 5.82 Å². The number of ether oxygens (including phenoxy) is 1. The van der Waals surface area contributed by atoms with E-state index in [4.69, 9.17) is 4.74 Å². The molecule has 2 heterocycles. The van der Waals surface area contributed by atoms with Gasteiger partial charge in [-0.25, -0.2) is 9.97 Å². The van der Waals surface area contributed by atoms with Crippen LogP contribution in [0.2, 0.25) is 0 Å². The van der Waals surface area contributed by atoms with Gasteiger partial charge in [0.25, 0.3) is 0 Å². The minimum atomic E-state index is 0.718. The first-order chi connectivity index (χ1) is 14.3. The average Bonchev–Trinajstić information content (AvgIpc) is 2.79. The minimum absolute atomic E-state index is 0.718. The van der Waals surface area contributed by atoms with Crippen LogP contribution in [0.3, 0.4) is 0 Å². The number of hydrogen-bond donors (Lipinski definition) is 0. The minimum Gasteiger partial charge on any atom is -0.491 e. The summed E-state index contributed by atoms with van der Waals surface area (Å²) in [5, 5.41) is 2.67. The zero-order chi connectivity index (χ0) is 20.1. The van der Waals surface area contributed by atoms with Crippen molar-refractivity contribution in [3.8, 4) is 5.75 Å². The molecule has 0 unspecified atom stereocenters. The summed E-state index contributed by atoms with van der Waals surface area (Å²) in [6, 6.07) is 15.3. The van der Waals surface area contributed by atoms with Crippen LogP contribution in [0, 0.1) is 0 Å². The maximum Gasteiger partial charge on any atom is 0.179 e. The van der Waals surface area contributed by atoms with Crippen LogP contribution in [0.1, 0.15) is 18.4 Å². The van der Waals surface area contributed by atoms with Crippen molar-refractivity contribution in [2.45, 2.75) is 12.8 Å². The normalized spacial score (nSPS) is 14.6. The summed E-state index contributed by atoms with van der Waals surface area (Å²) in [6.45, 7) is 4.13. The van der Waals surface area contributed by atoms with Gasteiger partial charge in [0.15, 0.2) is 11.6 Å². The summed E-state index contributed by atoms with van der Waals surface area (Å²) < 4.78 is 5.36. The second kappa shape index (κ2) is 9.05. The summed E-state index contributed by atoms with van der Waals surface area (Å²) in [6.07, 6.45) is 7.87. The Morgan fingerprint density at radius 2 is 2.00 bits per heavy atom. The fourth-order valence-electron chi connectivity index (χ4n) is 4.04. The van der Waals surface area contributed by atoms with E-state index in [-0.39, 0.29) is 0 Å². The molecule has 0 spiro atoms. The summed E-state index contributed by atoms with van der Waals surface area (Å²) in [7, 11) is 3.71. The van der Waals surface area contributed by atoms with Crippen molar-refractivity contribution >= 4 is 22.2 Å². The van der Waals surface area contributed by atoms with Gasteiger partial charge in [-0.1, -0.05) is 48.5 Å². The number of rotatable bonds is 7. The van der Waals surface area contributed by atoms with Crippen molar-refractivity contribution in [2.24, 2.45) is 0 Å². The van der Waals surface area contributed by atoms with Gasteiger partial charge in [0, 0.05) is 33.2 Å². The molecule has 5 heteroatoms. The number of benzene rings is 2. The number of methoxy groups -OCH3 is 1. The first kappa shape index (κ1) is 19.4. The third kappa shape index (κ3) is 4.40. The smallest absolute Gasteiger partial charge is 0.179 e. The molecule has 1 aliphatic heterocycles. The molecule has 0 atom stereocenters. The molecular formula is C24H28N4O. The van der Waals surface area contributed by atoms with Gasteiger partial charge in [-0.3, -0.25) is 4.90 Å². The van der Waals surface area contributed by atoms with E-state index >= 15 is 0 Å². The molecule has 4 rings (SSSR count). The molecule has 3 aromatic rings. The van der Waals surface area contributed by atoms with Crippen molar-refractivity contribution in [3.05, 3.63) is 66.6 Å². The van der Waals surface area contributed by atoms with E-state index in [0.29, 0.717) is 0 Å². The highest BCUT2D eigenvalue weighted by molar-refractivity contribution is 5.94. The van der Waals surface area contributed by atoms with E-state index < -0.39 is 0 Å². The topological polar surface area (TPSA) is 41.5 Å². The van der Waals surface area contributed by atoms with Crippen molar-refractivity contribution in [1.82, 2.24) is 14.9 Å². The lowest BCUT2D eigenvalue weighted by Crippen LogP contribution is -2.32. The first-order valence-corrected chi connectivity index (χ1v) is 10.2. The van der Waals surface area contributed by atoms with E-state index in [1.807, 2.05) is 0 Å². The largest absolute Gasteiger partial charge is 0.491 e. The van der Waals surface area contributed by atoms with Gasteiger partial charge in [0.2, 0.25) is 0 Å². The fourth-order valence-corrected chi connectivity index (χ4v) is 4.04. The van der Waals surface area contributed by atoms with Gasteiger partial charge in [-0.15, -0.1) is 0 Å². The molecule has 0 N–H and O–H groups in total. The predicted molar refractivity (Wildman–Crippen MR) is 119 cm³/mol. The van der Waals surface area contributed by atoms with Crippen molar-refractivity contribution < 1.29 is 4.74 Å². The summed E-state index contributed by atoms with van der Waals surface area (Å²) in [5.74, 6) is 1.56. The van der Waals surface area contributed by atoms with Crippen LogP contribution < -0.4 is 9.64 Å². The zero-order valence-corrected chi connectivity index (χ0v) is 17.2. The summed E-state index contributed by atoms with van der Waals surface area (Å²) in [4.78, 5) is 13.0. The SMILES string of the molecule is COc1cncnc1N(C)CCCN1CC=C(c2cccc3ccccc23)CC1. The zero-order valence-electron chi connectivity index (χ0n) is 17.2. The highest BCUT2D eigenvalue weighted by Crippen LogP contribution is 2.29. The Hall–Kier alpha value is -2.92. The molecule has 5 nitrogen and oxygen atoms in total. The van der Waals surface area contributed by atoms with Gasteiger partial charge < -0.3 is 9.64 Å². The second-order valence-electron chi connectivity index (χ2n) is 7.50. The average molecular weight is 389 g/mol. The number of hydrogen-bond acceptors (Lipinski definition) is 5. The van der Waals surface area contributed by atoms with Gasteiger partial charge >= 0.3 is 0 Å². The number of fused-ring (bicyclic) bond motifs is 1. The van der Waals surface area contributed by atoms with Crippen LogP contribution in [-0.2, 0) is 0 Å². The maximum atomic E-state index is 5.36. The fraction of sp³-hybridized carbons (Fsp3) is 0.333. The molecule has 0 amide bonds. The lowest BCUT2D eigenvalue weighted by Gasteiger charge is -2.28. The quantitative estimate of drug-likeness (QED) is 0.605. The molecule has 0 bridgehead atoms. The maximum absolute atomic E-state index is 5.36. The molecule has 0 aliphatic carbocycles. The van der Waals surface area contributed by atoms with Gasteiger partial charge in [0.1, 0.15) is 6.33 Å². The van der Waals surface area contributed by atoms with E-state index in [9.17, 15) is 0 Å². The monoisotopic (exact) mass is 388 g/mol. The Morgan fingerprint density at radius 3 is 2.83 bits per heavy atom. The Balaban J connectivity index is 1.33. The third-order valence-electron chi connectivity index (χ3n) is 5.64. The van der Waals surface area contributed by atoms with Gasteiger partial charge in [0.05, 0.1) is 13.3 Å².